The highest BCUT2D eigenvalue weighted by Gasteiger charge is 2.11. The molecule has 72 valence electrons. The van der Waals surface area contributed by atoms with Crippen LogP contribution in [0.2, 0.25) is 0 Å². The van der Waals surface area contributed by atoms with Crippen LogP contribution in [-0.4, -0.2) is 20.5 Å². The second-order valence-corrected chi connectivity index (χ2v) is 3.61. The van der Waals surface area contributed by atoms with Gasteiger partial charge in [-0.3, -0.25) is 4.40 Å². The average Bonchev–Trinajstić information content (AvgIpc) is 2.46. The van der Waals surface area contributed by atoms with Gasteiger partial charge >= 0.3 is 5.97 Å². The van der Waals surface area contributed by atoms with E-state index in [2.05, 4.69) is 20.9 Å². The lowest BCUT2D eigenvalue weighted by Gasteiger charge is -2.01. The van der Waals surface area contributed by atoms with Crippen LogP contribution in [0.4, 0.5) is 5.82 Å². The number of carboxylic acids is 1. The number of hydrogen-bond donors (Lipinski definition) is 2. The standard InChI is InChI=1S/C8H6BrN3O2/c9-5-1-7-11-2-6(10)12(7)3-4(5)8(13)14/h1-3H,10H2,(H,13,14). The molecule has 0 saturated carbocycles. The zero-order valence-corrected chi connectivity index (χ0v) is 8.52. The second-order valence-electron chi connectivity index (χ2n) is 2.75. The topological polar surface area (TPSA) is 80.6 Å². The van der Waals surface area contributed by atoms with Gasteiger partial charge in [0.15, 0.2) is 0 Å². The molecule has 2 aromatic rings. The summed E-state index contributed by atoms with van der Waals surface area (Å²) in [6, 6.07) is 1.61. The predicted molar refractivity (Wildman–Crippen MR) is 54.3 cm³/mol. The van der Waals surface area contributed by atoms with Gasteiger partial charge in [-0.2, -0.15) is 0 Å². The van der Waals surface area contributed by atoms with E-state index in [1.807, 2.05) is 0 Å². The van der Waals surface area contributed by atoms with Crippen molar-refractivity contribution >= 4 is 33.4 Å². The summed E-state index contributed by atoms with van der Waals surface area (Å²) in [5, 5.41) is 8.85. The van der Waals surface area contributed by atoms with Crippen molar-refractivity contribution < 1.29 is 9.90 Å². The fraction of sp³-hybridized carbons (Fsp3) is 0. The molecule has 0 saturated heterocycles. The molecular formula is C8H6BrN3O2. The number of anilines is 1. The van der Waals surface area contributed by atoms with Gasteiger partial charge in [0.1, 0.15) is 11.5 Å². The maximum atomic E-state index is 10.8. The van der Waals surface area contributed by atoms with Crippen molar-refractivity contribution in [1.82, 2.24) is 9.38 Å². The first kappa shape index (κ1) is 9.01. The van der Waals surface area contributed by atoms with E-state index in [1.54, 1.807) is 6.07 Å². The Morgan fingerprint density at radius 2 is 2.36 bits per heavy atom. The minimum Gasteiger partial charge on any atom is -0.478 e. The molecular weight excluding hydrogens is 250 g/mol. The molecule has 14 heavy (non-hydrogen) atoms. The predicted octanol–water partition coefficient (Wildman–Crippen LogP) is 1.38. The van der Waals surface area contributed by atoms with E-state index < -0.39 is 5.97 Å². The van der Waals surface area contributed by atoms with Gasteiger partial charge in [0.2, 0.25) is 0 Å². The summed E-state index contributed by atoms with van der Waals surface area (Å²) < 4.78 is 2.01. The summed E-state index contributed by atoms with van der Waals surface area (Å²) in [5.74, 6) is -0.595. The lowest BCUT2D eigenvalue weighted by molar-refractivity contribution is 0.0695. The molecule has 2 rings (SSSR count). The maximum Gasteiger partial charge on any atom is 0.338 e. The molecule has 0 aromatic carbocycles. The van der Waals surface area contributed by atoms with Gasteiger partial charge in [0.25, 0.3) is 0 Å². The van der Waals surface area contributed by atoms with Crippen molar-refractivity contribution in [3.8, 4) is 0 Å². The molecule has 2 aromatic heterocycles. The molecule has 2 heterocycles. The first-order chi connectivity index (χ1) is 6.59. The van der Waals surface area contributed by atoms with Crippen LogP contribution in [-0.2, 0) is 0 Å². The van der Waals surface area contributed by atoms with Crippen LogP contribution >= 0.6 is 15.9 Å². The molecule has 3 N–H and O–H groups in total. The number of imidazole rings is 1. The number of aromatic nitrogens is 2. The first-order valence-electron chi connectivity index (χ1n) is 3.75. The van der Waals surface area contributed by atoms with Crippen molar-refractivity contribution in [3.05, 3.63) is 28.5 Å². The number of halogens is 1. The molecule has 0 aliphatic heterocycles. The van der Waals surface area contributed by atoms with Crippen molar-refractivity contribution in [2.45, 2.75) is 0 Å². The van der Waals surface area contributed by atoms with E-state index in [1.165, 1.54) is 16.8 Å². The minimum absolute atomic E-state index is 0.155. The fourth-order valence-electron chi connectivity index (χ4n) is 1.18. The van der Waals surface area contributed by atoms with Crippen molar-refractivity contribution in [2.75, 3.05) is 5.73 Å². The summed E-state index contributed by atoms with van der Waals surface area (Å²) in [6.07, 6.45) is 2.91. The molecule has 0 aliphatic carbocycles. The van der Waals surface area contributed by atoms with Gasteiger partial charge in [-0.1, -0.05) is 0 Å². The highest BCUT2D eigenvalue weighted by Crippen LogP contribution is 2.20. The molecule has 0 unspecified atom stereocenters. The Kier molecular flexibility index (Phi) is 1.92. The van der Waals surface area contributed by atoms with Gasteiger partial charge in [-0.15, -0.1) is 0 Å². The van der Waals surface area contributed by atoms with Gasteiger partial charge < -0.3 is 10.8 Å². The van der Waals surface area contributed by atoms with E-state index in [0.717, 1.165) is 0 Å². The van der Waals surface area contributed by atoms with Crippen LogP contribution in [0.15, 0.2) is 22.9 Å². The molecule has 0 radical (unpaired) electrons. The molecule has 0 atom stereocenters. The molecule has 6 heteroatoms. The van der Waals surface area contributed by atoms with Gasteiger partial charge in [-0.05, 0) is 22.0 Å². The summed E-state index contributed by atoms with van der Waals surface area (Å²) in [6.45, 7) is 0. The number of fused-ring (bicyclic) bond motifs is 1. The van der Waals surface area contributed by atoms with Gasteiger partial charge in [0.05, 0.1) is 11.8 Å². The van der Waals surface area contributed by atoms with Crippen LogP contribution in [0.25, 0.3) is 5.65 Å². The Morgan fingerprint density at radius 1 is 1.64 bits per heavy atom. The summed E-state index contributed by atoms with van der Waals surface area (Å²) in [4.78, 5) is 14.8. The SMILES string of the molecule is Nc1cnc2cc(Br)c(C(=O)O)cn12. The summed E-state index contributed by atoms with van der Waals surface area (Å²) in [5.41, 5.74) is 6.35. The molecule has 0 amide bonds. The summed E-state index contributed by atoms with van der Waals surface area (Å²) >= 11 is 3.15. The normalized spacial score (nSPS) is 10.6. The van der Waals surface area contributed by atoms with Gasteiger partial charge in [-0.25, -0.2) is 9.78 Å². The van der Waals surface area contributed by atoms with Crippen LogP contribution in [0.1, 0.15) is 10.4 Å². The number of aromatic carboxylic acids is 1. The second kappa shape index (κ2) is 2.98. The third-order valence-electron chi connectivity index (χ3n) is 1.86. The first-order valence-corrected chi connectivity index (χ1v) is 4.54. The number of nitrogen functional groups attached to an aromatic ring is 1. The number of pyridine rings is 1. The van der Waals surface area contributed by atoms with E-state index >= 15 is 0 Å². The molecule has 0 aliphatic rings. The van der Waals surface area contributed by atoms with E-state index in [-0.39, 0.29) is 5.56 Å². The van der Waals surface area contributed by atoms with Crippen LogP contribution in [0, 0.1) is 0 Å². The van der Waals surface area contributed by atoms with Crippen molar-refractivity contribution in [2.24, 2.45) is 0 Å². The lowest BCUT2D eigenvalue weighted by atomic mass is 10.3. The minimum atomic E-state index is -1.01. The smallest absolute Gasteiger partial charge is 0.338 e. The fourth-order valence-corrected chi connectivity index (χ4v) is 1.65. The molecule has 0 fully saturated rings. The Balaban J connectivity index is 2.80. The van der Waals surface area contributed by atoms with Crippen LogP contribution in [0.5, 0.6) is 0 Å². The highest BCUT2D eigenvalue weighted by molar-refractivity contribution is 9.10. The Morgan fingerprint density at radius 3 is 3.00 bits per heavy atom. The number of hydrogen-bond acceptors (Lipinski definition) is 3. The van der Waals surface area contributed by atoms with Crippen molar-refractivity contribution in [3.63, 3.8) is 0 Å². The quantitative estimate of drug-likeness (QED) is 0.807. The number of nitrogens with zero attached hydrogens (tertiary/aromatic N) is 2. The van der Waals surface area contributed by atoms with Crippen LogP contribution in [0.3, 0.4) is 0 Å². The maximum absolute atomic E-state index is 10.8. The van der Waals surface area contributed by atoms with E-state index in [9.17, 15) is 4.79 Å². The molecule has 0 bridgehead atoms. The van der Waals surface area contributed by atoms with Crippen molar-refractivity contribution in [1.29, 1.82) is 0 Å². The largest absolute Gasteiger partial charge is 0.478 e. The number of carboxylic acid groups (broad SMARTS) is 1. The number of nitrogens with two attached hydrogens (primary N) is 1. The average molecular weight is 256 g/mol. The number of carbonyl (C=O) groups is 1. The zero-order valence-electron chi connectivity index (χ0n) is 6.94. The monoisotopic (exact) mass is 255 g/mol. The van der Waals surface area contributed by atoms with Crippen LogP contribution < -0.4 is 5.73 Å². The number of rotatable bonds is 1. The Hall–Kier alpha value is -1.56. The third-order valence-corrected chi connectivity index (χ3v) is 2.51. The zero-order chi connectivity index (χ0) is 10.3. The lowest BCUT2D eigenvalue weighted by Crippen LogP contribution is -2.02. The van der Waals surface area contributed by atoms with E-state index in [0.29, 0.717) is 15.9 Å². The third kappa shape index (κ3) is 1.24. The Labute approximate surface area is 87.3 Å². The van der Waals surface area contributed by atoms with E-state index in [4.69, 9.17) is 10.8 Å². The summed E-state index contributed by atoms with van der Waals surface area (Å²) in [7, 11) is 0. The van der Waals surface area contributed by atoms with Gasteiger partial charge in [0, 0.05) is 10.7 Å². The Bertz CT molecular complexity index is 521. The highest BCUT2D eigenvalue weighted by atomic mass is 79.9. The molecule has 5 nitrogen and oxygen atoms in total. The molecule has 0 spiro atoms.